The van der Waals surface area contributed by atoms with Crippen molar-refractivity contribution in [1.82, 2.24) is 0 Å². The van der Waals surface area contributed by atoms with Crippen LogP contribution in [0.5, 0.6) is 0 Å². The molecule has 0 fully saturated rings. The molecule has 0 saturated heterocycles. The zero-order valence-electron chi connectivity index (χ0n) is 51.6. The fraction of sp³-hybridized carbons (Fsp3) is 0.685. The number of ether oxygens (including phenoxy) is 3. The Balaban J connectivity index is 4.27. The summed E-state index contributed by atoms with van der Waals surface area (Å²) in [6.45, 7) is 6.39. The number of allylic oxidation sites excluding steroid dienone is 20. The highest BCUT2D eigenvalue weighted by Gasteiger charge is 2.19. The first-order valence-corrected chi connectivity index (χ1v) is 33.0. The monoisotopic (exact) mass is 1090 g/mol. The number of esters is 3. The van der Waals surface area contributed by atoms with Crippen molar-refractivity contribution in [3.63, 3.8) is 0 Å². The zero-order chi connectivity index (χ0) is 57.1. The van der Waals surface area contributed by atoms with E-state index in [1.54, 1.807) is 0 Å². The lowest BCUT2D eigenvalue weighted by molar-refractivity contribution is -0.167. The maximum absolute atomic E-state index is 12.9. The van der Waals surface area contributed by atoms with Crippen LogP contribution in [0.15, 0.2) is 122 Å². The van der Waals surface area contributed by atoms with Crippen molar-refractivity contribution < 1.29 is 28.6 Å². The maximum atomic E-state index is 12.9. The molecule has 0 N–H and O–H groups in total. The van der Waals surface area contributed by atoms with Crippen molar-refractivity contribution in [1.29, 1.82) is 0 Å². The molecule has 0 aromatic carbocycles. The van der Waals surface area contributed by atoms with Crippen LogP contribution in [-0.4, -0.2) is 37.2 Å². The average Bonchev–Trinajstić information content (AvgIpc) is 3.45. The molecule has 0 amide bonds. The molecule has 0 saturated carbocycles. The molecule has 1 unspecified atom stereocenters. The molecule has 0 bridgehead atoms. The van der Waals surface area contributed by atoms with Gasteiger partial charge in [0.2, 0.25) is 0 Å². The average molecular weight is 1100 g/mol. The van der Waals surface area contributed by atoms with Crippen LogP contribution >= 0.6 is 0 Å². The van der Waals surface area contributed by atoms with Crippen LogP contribution < -0.4 is 0 Å². The Hall–Kier alpha value is -4.19. The third-order valence-corrected chi connectivity index (χ3v) is 13.9. The van der Waals surface area contributed by atoms with Gasteiger partial charge < -0.3 is 14.2 Å². The van der Waals surface area contributed by atoms with Gasteiger partial charge in [0.25, 0.3) is 0 Å². The molecule has 0 radical (unpaired) electrons. The first-order valence-electron chi connectivity index (χ1n) is 33.0. The SMILES string of the molecule is CC/C=C\C/C=C\C/C=C\C/C=C\C/C=C\C/C=C\CCCCCCCCCCCCCCC(=O)OCC(COC(=O)CCCCC/C=C\C/C=C\C/C=C\CC)OC(=O)CCCCCCCCC/C=C\CCCCCCCC. The molecular formula is C73H122O6. The highest BCUT2D eigenvalue weighted by Crippen LogP contribution is 2.16. The van der Waals surface area contributed by atoms with Gasteiger partial charge in [-0.25, -0.2) is 0 Å². The van der Waals surface area contributed by atoms with E-state index in [9.17, 15) is 14.4 Å². The Labute approximate surface area is 488 Å². The van der Waals surface area contributed by atoms with Crippen molar-refractivity contribution in [3.8, 4) is 0 Å². The van der Waals surface area contributed by atoms with Crippen molar-refractivity contribution in [2.45, 2.75) is 309 Å². The summed E-state index contributed by atoms with van der Waals surface area (Å²) in [5.74, 6) is -0.921. The largest absolute Gasteiger partial charge is 0.462 e. The van der Waals surface area contributed by atoms with E-state index in [1.165, 1.54) is 141 Å². The van der Waals surface area contributed by atoms with E-state index < -0.39 is 6.10 Å². The second-order valence-electron chi connectivity index (χ2n) is 21.6. The highest BCUT2D eigenvalue weighted by atomic mass is 16.6. The van der Waals surface area contributed by atoms with Crippen LogP contribution in [0.4, 0.5) is 0 Å². The van der Waals surface area contributed by atoms with E-state index in [0.717, 1.165) is 122 Å². The number of hydrogen-bond acceptors (Lipinski definition) is 6. The molecule has 0 aromatic rings. The van der Waals surface area contributed by atoms with Crippen LogP contribution in [0.1, 0.15) is 303 Å². The van der Waals surface area contributed by atoms with Crippen LogP contribution in [0.25, 0.3) is 0 Å². The Morgan fingerprint density at radius 2 is 0.494 bits per heavy atom. The minimum atomic E-state index is -0.796. The molecule has 0 rings (SSSR count). The lowest BCUT2D eigenvalue weighted by Gasteiger charge is -2.18. The molecule has 6 nitrogen and oxygen atoms in total. The zero-order valence-corrected chi connectivity index (χ0v) is 51.6. The number of carbonyl (C=O) groups is 3. The molecule has 0 aliphatic heterocycles. The quantitative estimate of drug-likeness (QED) is 0.0261. The molecule has 6 heteroatoms. The predicted molar refractivity (Wildman–Crippen MR) is 343 cm³/mol. The van der Waals surface area contributed by atoms with Crippen LogP contribution in [0.3, 0.4) is 0 Å². The summed E-state index contributed by atoms with van der Waals surface area (Å²) in [4.78, 5) is 38.3. The topological polar surface area (TPSA) is 78.9 Å². The van der Waals surface area contributed by atoms with Crippen LogP contribution in [-0.2, 0) is 28.6 Å². The van der Waals surface area contributed by atoms with Gasteiger partial charge in [-0.3, -0.25) is 14.4 Å². The second kappa shape index (κ2) is 66.3. The number of carbonyl (C=O) groups excluding carboxylic acids is 3. The number of hydrogen-bond donors (Lipinski definition) is 0. The summed E-state index contributed by atoms with van der Waals surface area (Å²) in [6.07, 6.45) is 92.2. The molecule has 0 aliphatic carbocycles. The standard InChI is InChI=1S/C73H122O6/c1-4-7-10-13-16-19-22-25-27-29-30-31-32-33-34-35-36-37-38-39-40-41-42-44-45-48-51-54-57-60-63-66-72(75)78-69-70(68-77-71(74)65-62-59-56-53-50-47-24-21-18-15-12-9-6-3)79-73(76)67-64-61-58-55-52-49-46-43-28-26-23-20-17-14-11-8-5-2/h7,9-10,12,16,18-19,21,25-28,30-31,33-34,36-37,47,50,70H,4-6,8,11,13-15,17,20,22-24,29,32,35,38-46,48-49,51-69H2,1-3H3/b10-7-,12-9-,19-16-,21-18-,27-25-,28-26-,31-30-,34-33-,37-36-,50-47-. The normalized spacial score (nSPS) is 12.9. The highest BCUT2D eigenvalue weighted by molar-refractivity contribution is 5.71. The van der Waals surface area contributed by atoms with E-state index in [4.69, 9.17) is 14.2 Å². The minimum absolute atomic E-state index is 0.0907. The van der Waals surface area contributed by atoms with Crippen molar-refractivity contribution in [2.24, 2.45) is 0 Å². The smallest absolute Gasteiger partial charge is 0.306 e. The summed E-state index contributed by atoms with van der Waals surface area (Å²) in [5.41, 5.74) is 0. The summed E-state index contributed by atoms with van der Waals surface area (Å²) in [6, 6.07) is 0. The molecule has 0 spiro atoms. The predicted octanol–water partition coefficient (Wildman–Crippen LogP) is 22.8. The Morgan fingerprint density at radius 3 is 0.797 bits per heavy atom. The van der Waals surface area contributed by atoms with Crippen molar-refractivity contribution in [3.05, 3.63) is 122 Å². The minimum Gasteiger partial charge on any atom is -0.462 e. The Morgan fingerprint density at radius 1 is 0.266 bits per heavy atom. The Kier molecular flexibility index (Phi) is 62.8. The first-order chi connectivity index (χ1) is 39.0. The van der Waals surface area contributed by atoms with Gasteiger partial charge in [0, 0.05) is 19.3 Å². The van der Waals surface area contributed by atoms with E-state index in [1.807, 2.05) is 0 Å². The van der Waals surface area contributed by atoms with Crippen LogP contribution in [0, 0.1) is 0 Å². The third-order valence-electron chi connectivity index (χ3n) is 13.9. The Bertz CT molecular complexity index is 1640. The van der Waals surface area contributed by atoms with Gasteiger partial charge in [-0.1, -0.05) is 277 Å². The van der Waals surface area contributed by atoms with Gasteiger partial charge in [-0.2, -0.15) is 0 Å². The summed E-state index contributed by atoms with van der Waals surface area (Å²) >= 11 is 0. The van der Waals surface area contributed by atoms with E-state index >= 15 is 0 Å². The summed E-state index contributed by atoms with van der Waals surface area (Å²) in [5, 5.41) is 0. The van der Waals surface area contributed by atoms with Gasteiger partial charge in [-0.05, 0) is 128 Å². The maximum Gasteiger partial charge on any atom is 0.306 e. The number of unbranched alkanes of at least 4 members (excludes halogenated alkanes) is 28. The lowest BCUT2D eigenvalue weighted by atomic mass is 10.0. The van der Waals surface area contributed by atoms with Gasteiger partial charge in [0.15, 0.2) is 6.10 Å². The molecule has 1 atom stereocenters. The van der Waals surface area contributed by atoms with Crippen LogP contribution in [0.2, 0.25) is 0 Å². The lowest BCUT2D eigenvalue weighted by Crippen LogP contribution is -2.30. The van der Waals surface area contributed by atoms with Crippen molar-refractivity contribution >= 4 is 17.9 Å². The number of rotatable bonds is 59. The van der Waals surface area contributed by atoms with Gasteiger partial charge in [0.1, 0.15) is 13.2 Å². The molecular weight excluding hydrogens is 973 g/mol. The molecule has 79 heavy (non-hydrogen) atoms. The summed E-state index contributed by atoms with van der Waals surface area (Å²) < 4.78 is 16.9. The molecule has 0 heterocycles. The van der Waals surface area contributed by atoms with Gasteiger partial charge in [0.05, 0.1) is 0 Å². The fourth-order valence-electron chi connectivity index (χ4n) is 9.04. The molecule has 0 aromatic heterocycles. The molecule has 450 valence electrons. The van der Waals surface area contributed by atoms with E-state index in [-0.39, 0.29) is 31.1 Å². The van der Waals surface area contributed by atoms with Gasteiger partial charge >= 0.3 is 17.9 Å². The fourth-order valence-corrected chi connectivity index (χ4v) is 9.04. The summed E-state index contributed by atoms with van der Waals surface area (Å²) in [7, 11) is 0. The third kappa shape index (κ3) is 64.5. The van der Waals surface area contributed by atoms with Gasteiger partial charge in [-0.15, -0.1) is 0 Å². The van der Waals surface area contributed by atoms with E-state index in [2.05, 4.69) is 142 Å². The van der Waals surface area contributed by atoms with Crippen molar-refractivity contribution in [2.75, 3.05) is 13.2 Å². The van der Waals surface area contributed by atoms with E-state index in [0.29, 0.717) is 19.3 Å². The first kappa shape index (κ1) is 74.8. The second-order valence-corrected chi connectivity index (χ2v) is 21.6. The molecule has 0 aliphatic rings.